The molecule has 0 radical (unpaired) electrons. The van der Waals surface area contributed by atoms with Crippen molar-refractivity contribution in [1.29, 1.82) is 0 Å². The largest absolute Gasteiger partial charge is 0.370 e. The molecule has 0 spiro atoms. The average Bonchev–Trinajstić information content (AvgIpc) is 2.86. The fourth-order valence-corrected chi connectivity index (χ4v) is 3.70. The fourth-order valence-electron chi connectivity index (χ4n) is 2.30. The highest BCUT2D eigenvalue weighted by Gasteiger charge is 2.23. The Balaban J connectivity index is 2.16. The number of aromatic nitrogens is 2. The SMILES string of the molecule is NC(=O)n1nc(-c2ccc(Br)s2)c2c1NCCCC2. The minimum Gasteiger partial charge on any atom is -0.370 e. The lowest BCUT2D eigenvalue weighted by Crippen LogP contribution is -2.23. The minimum absolute atomic E-state index is 0.549. The summed E-state index contributed by atoms with van der Waals surface area (Å²) >= 11 is 5.06. The lowest BCUT2D eigenvalue weighted by Gasteiger charge is -2.04. The number of nitrogens with two attached hydrogens (primary N) is 1. The maximum absolute atomic E-state index is 11.5. The molecule has 0 fully saturated rings. The van der Waals surface area contributed by atoms with E-state index < -0.39 is 6.03 Å². The van der Waals surface area contributed by atoms with Crippen molar-refractivity contribution >= 4 is 39.1 Å². The van der Waals surface area contributed by atoms with E-state index in [2.05, 4.69) is 26.3 Å². The molecule has 3 N–H and O–H groups in total. The average molecular weight is 341 g/mol. The van der Waals surface area contributed by atoms with E-state index in [1.54, 1.807) is 11.3 Å². The van der Waals surface area contributed by atoms with Gasteiger partial charge in [-0.25, -0.2) is 4.79 Å². The van der Waals surface area contributed by atoms with Crippen molar-refractivity contribution in [2.45, 2.75) is 19.3 Å². The zero-order chi connectivity index (χ0) is 13.4. The molecular formula is C12H13BrN4OS. The molecule has 19 heavy (non-hydrogen) atoms. The Hall–Kier alpha value is -1.34. The third kappa shape index (κ3) is 2.28. The summed E-state index contributed by atoms with van der Waals surface area (Å²) in [6.07, 6.45) is 3.09. The van der Waals surface area contributed by atoms with Crippen LogP contribution in [0.4, 0.5) is 10.6 Å². The molecule has 2 aromatic heterocycles. The first-order valence-corrected chi connectivity index (χ1v) is 7.69. The van der Waals surface area contributed by atoms with E-state index in [-0.39, 0.29) is 0 Å². The van der Waals surface area contributed by atoms with E-state index in [9.17, 15) is 4.79 Å². The van der Waals surface area contributed by atoms with Crippen LogP contribution < -0.4 is 11.1 Å². The first-order chi connectivity index (χ1) is 9.16. The summed E-state index contributed by atoms with van der Waals surface area (Å²) in [5.41, 5.74) is 7.35. The zero-order valence-corrected chi connectivity index (χ0v) is 12.6. The van der Waals surface area contributed by atoms with Crippen molar-refractivity contribution in [2.24, 2.45) is 5.73 Å². The van der Waals surface area contributed by atoms with Crippen molar-refractivity contribution in [1.82, 2.24) is 9.78 Å². The predicted molar refractivity (Wildman–Crippen MR) is 79.6 cm³/mol. The van der Waals surface area contributed by atoms with E-state index >= 15 is 0 Å². The van der Waals surface area contributed by atoms with Gasteiger partial charge in [0.15, 0.2) is 0 Å². The molecule has 1 aliphatic heterocycles. The molecule has 0 saturated carbocycles. The number of hydrogen-bond donors (Lipinski definition) is 2. The van der Waals surface area contributed by atoms with Gasteiger partial charge >= 0.3 is 6.03 Å². The van der Waals surface area contributed by atoms with E-state index in [0.717, 1.165) is 51.5 Å². The summed E-state index contributed by atoms with van der Waals surface area (Å²) < 4.78 is 2.33. The summed E-state index contributed by atoms with van der Waals surface area (Å²) in [7, 11) is 0. The maximum Gasteiger partial charge on any atom is 0.341 e. The second-order valence-electron chi connectivity index (χ2n) is 4.41. The van der Waals surface area contributed by atoms with Crippen molar-refractivity contribution < 1.29 is 4.79 Å². The van der Waals surface area contributed by atoms with Crippen LogP contribution >= 0.6 is 27.3 Å². The number of nitrogens with one attached hydrogen (secondary N) is 1. The van der Waals surface area contributed by atoms with Crippen LogP contribution in [-0.2, 0) is 6.42 Å². The molecule has 0 aromatic carbocycles. The third-order valence-corrected chi connectivity index (χ3v) is 4.78. The first-order valence-electron chi connectivity index (χ1n) is 6.08. The maximum atomic E-state index is 11.5. The number of rotatable bonds is 1. The Morgan fingerprint density at radius 2 is 2.32 bits per heavy atom. The zero-order valence-electron chi connectivity index (χ0n) is 10.1. The van der Waals surface area contributed by atoms with Crippen LogP contribution in [0.15, 0.2) is 15.9 Å². The van der Waals surface area contributed by atoms with E-state index in [4.69, 9.17) is 5.73 Å². The number of fused-ring (bicyclic) bond motifs is 1. The van der Waals surface area contributed by atoms with Gasteiger partial charge in [-0.1, -0.05) is 0 Å². The van der Waals surface area contributed by atoms with Gasteiger partial charge in [-0.3, -0.25) is 0 Å². The molecule has 0 bridgehead atoms. The van der Waals surface area contributed by atoms with Gasteiger partial charge in [0.2, 0.25) is 0 Å². The number of hydrogen-bond acceptors (Lipinski definition) is 4. The summed E-state index contributed by atoms with van der Waals surface area (Å²) in [4.78, 5) is 12.6. The summed E-state index contributed by atoms with van der Waals surface area (Å²) in [5.74, 6) is 0.754. The van der Waals surface area contributed by atoms with Crippen molar-refractivity contribution in [3.05, 3.63) is 21.5 Å². The number of nitrogens with zero attached hydrogens (tertiary/aromatic N) is 2. The number of thiophene rings is 1. The van der Waals surface area contributed by atoms with Crippen LogP contribution in [0.5, 0.6) is 0 Å². The smallest absolute Gasteiger partial charge is 0.341 e. The second-order valence-corrected chi connectivity index (χ2v) is 6.88. The van der Waals surface area contributed by atoms with Crippen LogP contribution in [0.2, 0.25) is 0 Å². The van der Waals surface area contributed by atoms with Gasteiger partial charge in [-0.15, -0.1) is 11.3 Å². The van der Waals surface area contributed by atoms with Gasteiger partial charge in [-0.2, -0.15) is 9.78 Å². The molecule has 1 amide bonds. The summed E-state index contributed by atoms with van der Waals surface area (Å²) in [6.45, 7) is 0.847. The Morgan fingerprint density at radius 3 is 3.00 bits per heavy atom. The van der Waals surface area contributed by atoms with Gasteiger partial charge in [0.1, 0.15) is 11.5 Å². The Kier molecular flexibility index (Phi) is 3.32. The lowest BCUT2D eigenvalue weighted by atomic mass is 10.1. The number of anilines is 1. The monoisotopic (exact) mass is 340 g/mol. The van der Waals surface area contributed by atoms with E-state index in [0.29, 0.717) is 0 Å². The molecule has 0 saturated heterocycles. The van der Waals surface area contributed by atoms with Crippen LogP contribution in [0.25, 0.3) is 10.6 Å². The van der Waals surface area contributed by atoms with Crippen LogP contribution in [-0.4, -0.2) is 22.4 Å². The molecule has 100 valence electrons. The molecule has 3 heterocycles. The number of amides is 1. The van der Waals surface area contributed by atoms with Crippen LogP contribution in [0.1, 0.15) is 18.4 Å². The quantitative estimate of drug-likeness (QED) is 0.837. The Bertz CT molecular complexity index is 634. The number of carbonyl (C=O) groups excluding carboxylic acids is 1. The molecule has 5 nitrogen and oxygen atoms in total. The van der Waals surface area contributed by atoms with Crippen LogP contribution in [0.3, 0.4) is 0 Å². The molecule has 7 heteroatoms. The van der Waals surface area contributed by atoms with E-state index in [1.165, 1.54) is 4.68 Å². The van der Waals surface area contributed by atoms with Crippen molar-refractivity contribution in [3.63, 3.8) is 0 Å². The lowest BCUT2D eigenvalue weighted by molar-refractivity contribution is 0.248. The highest BCUT2D eigenvalue weighted by atomic mass is 79.9. The van der Waals surface area contributed by atoms with Gasteiger partial charge in [-0.05, 0) is 47.3 Å². The Labute approximate surface area is 122 Å². The number of carbonyl (C=O) groups is 1. The van der Waals surface area contributed by atoms with E-state index in [1.807, 2.05) is 12.1 Å². The molecule has 0 unspecified atom stereocenters. The molecule has 3 rings (SSSR count). The molecule has 1 aliphatic rings. The highest BCUT2D eigenvalue weighted by molar-refractivity contribution is 9.11. The van der Waals surface area contributed by atoms with Gasteiger partial charge in [0.05, 0.1) is 8.66 Å². The topological polar surface area (TPSA) is 72.9 Å². The Morgan fingerprint density at radius 1 is 1.47 bits per heavy atom. The fraction of sp³-hybridized carbons (Fsp3) is 0.333. The van der Waals surface area contributed by atoms with Crippen LogP contribution in [0, 0.1) is 0 Å². The minimum atomic E-state index is -0.549. The third-order valence-electron chi connectivity index (χ3n) is 3.14. The number of halogens is 1. The van der Waals surface area contributed by atoms with Gasteiger partial charge in [0, 0.05) is 12.1 Å². The number of primary amides is 1. The van der Waals surface area contributed by atoms with Crippen molar-refractivity contribution in [2.75, 3.05) is 11.9 Å². The predicted octanol–water partition coefficient (Wildman–Crippen LogP) is 3.05. The van der Waals surface area contributed by atoms with Gasteiger partial charge in [0.25, 0.3) is 0 Å². The summed E-state index contributed by atoms with van der Waals surface area (Å²) in [5, 5.41) is 7.65. The summed E-state index contributed by atoms with van der Waals surface area (Å²) in [6, 6.07) is 3.44. The molecule has 2 aromatic rings. The first kappa shape index (κ1) is 12.7. The molecular weight excluding hydrogens is 328 g/mol. The molecule has 0 aliphatic carbocycles. The van der Waals surface area contributed by atoms with Gasteiger partial charge < -0.3 is 11.1 Å². The molecule has 0 atom stereocenters. The highest BCUT2D eigenvalue weighted by Crippen LogP contribution is 2.36. The standard InChI is InChI=1S/C12H13BrN4OS/c13-9-5-4-8(19-9)10-7-3-1-2-6-15-11(7)17(16-10)12(14)18/h4-5,15H,1-3,6H2,(H2,14,18). The normalized spacial score (nSPS) is 14.6. The second kappa shape index (κ2) is 4.97. The van der Waals surface area contributed by atoms with Crippen molar-refractivity contribution in [3.8, 4) is 10.6 Å².